The third-order valence-electron chi connectivity index (χ3n) is 3.76. The SMILES string of the molecule is CSC1(CNC(=O)c2nc(C(C)C)ncc2Cl)CCC1. The predicted molar refractivity (Wildman–Crippen MR) is 83.6 cm³/mol. The van der Waals surface area contributed by atoms with Crippen molar-refractivity contribution < 1.29 is 4.79 Å². The van der Waals surface area contributed by atoms with Crippen LogP contribution in [0.15, 0.2) is 6.20 Å². The number of halogens is 1. The lowest BCUT2D eigenvalue weighted by Gasteiger charge is -2.40. The number of hydrogen-bond donors (Lipinski definition) is 1. The quantitative estimate of drug-likeness (QED) is 0.906. The summed E-state index contributed by atoms with van der Waals surface area (Å²) in [5.74, 6) is 0.602. The Morgan fingerprint density at radius 1 is 1.55 bits per heavy atom. The van der Waals surface area contributed by atoms with Gasteiger partial charge in [-0.1, -0.05) is 31.9 Å². The molecule has 1 aromatic heterocycles. The van der Waals surface area contributed by atoms with Crippen molar-refractivity contribution in [3.63, 3.8) is 0 Å². The van der Waals surface area contributed by atoms with E-state index in [1.165, 1.54) is 12.6 Å². The number of carbonyl (C=O) groups excluding carboxylic acids is 1. The molecule has 0 aliphatic heterocycles. The lowest BCUT2D eigenvalue weighted by Crippen LogP contribution is -2.45. The molecule has 1 aliphatic rings. The highest BCUT2D eigenvalue weighted by molar-refractivity contribution is 8.00. The number of aromatic nitrogens is 2. The summed E-state index contributed by atoms with van der Waals surface area (Å²) in [6, 6.07) is 0. The van der Waals surface area contributed by atoms with Gasteiger partial charge in [0.05, 0.1) is 11.2 Å². The van der Waals surface area contributed by atoms with Crippen LogP contribution in [0.2, 0.25) is 5.02 Å². The number of rotatable bonds is 5. The molecule has 1 fully saturated rings. The van der Waals surface area contributed by atoms with Crippen molar-refractivity contribution in [3.05, 3.63) is 22.7 Å². The summed E-state index contributed by atoms with van der Waals surface area (Å²) in [6.45, 7) is 4.65. The Morgan fingerprint density at radius 3 is 2.75 bits per heavy atom. The summed E-state index contributed by atoms with van der Waals surface area (Å²) in [6.07, 6.45) is 7.15. The largest absolute Gasteiger partial charge is 0.349 e. The van der Waals surface area contributed by atoms with Crippen molar-refractivity contribution in [2.75, 3.05) is 12.8 Å². The minimum Gasteiger partial charge on any atom is -0.349 e. The van der Waals surface area contributed by atoms with E-state index in [9.17, 15) is 4.79 Å². The van der Waals surface area contributed by atoms with Gasteiger partial charge in [0.2, 0.25) is 0 Å². The third kappa shape index (κ3) is 3.26. The lowest BCUT2D eigenvalue weighted by molar-refractivity contribution is 0.0938. The van der Waals surface area contributed by atoms with Gasteiger partial charge < -0.3 is 5.32 Å². The second-order valence-electron chi connectivity index (χ2n) is 5.50. The zero-order chi connectivity index (χ0) is 14.8. The molecule has 0 aromatic carbocycles. The van der Waals surface area contributed by atoms with Crippen LogP contribution >= 0.6 is 23.4 Å². The molecular weight excluding hydrogens is 294 g/mol. The molecule has 0 radical (unpaired) electrons. The number of thioether (sulfide) groups is 1. The first-order valence-electron chi connectivity index (χ1n) is 6.83. The van der Waals surface area contributed by atoms with Crippen molar-refractivity contribution in [3.8, 4) is 0 Å². The van der Waals surface area contributed by atoms with Crippen LogP contribution in [0.5, 0.6) is 0 Å². The maximum atomic E-state index is 12.2. The van der Waals surface area contributed by atoms with Crippen LogP contribution in [0.3, 0.4) is 0 Å². The molecule has 0 spiro atoms. The van der Waals surface area contributed by atoms with Crippen LogP contribution in [0.25, 0.3) is 0 Å². The van der Waals surface area contributed by atoms with Gasteiger partial charge in [-0.05, 0) is 19.1 Å². The van der Waals surface area contributed by atoms with Gasteiger partial charge in [-0.3, -0.25) is 4.79 Å². The number of nitrogens with one attached hydrogen (secondary N) is 1. The first kappa shape index (κ1) is 15.6. The zero-order valence-electron chi connectivity index (χ0n) is 12.1. The van der Waals surface area contributed by atoms with Crippen molar-refractivity contribution in [1.82, 2.24) is 15.3 Å². The smallest absolute Gasteiger partial charge is 0.271 e. The van der Waals surface area contributed by atoms with E-state index >= 15 is 0 Å². The molecule has 0 atom stereocenters. The molecule has 1 N–H and O–H groups in total. The van der Waals surface area contributed by atoms with Crippen LogP contribution in [0.4, 0.5) is 0 Å². The topological polar surface area (TPSA) is 54.9 Å². The highest BCUT2D eigenvalue weighted by Crippen LogP contribution is 2.42. The molecule has 1 aliphatic carbocycles. The second kappa shape index (κ2) is 6.31. The van der Waals surface area contributed by atoms with E-state index in [0.29, 0.717) is 17.4 Å². The number of amides is 1. The van der Waals surface area contributed by atoms with E-state index in [4.69, 9.17) is 11.6 Å². The fourth-order valence-electron chi connectivity index (χ4n) is 2.17. The van der Waals surface area contributed by atoms with Crippen molar-refractivity contribution >= 4 is 29.3 Å². The summed E-state index contributed by atoms with van der Waals surface area (Å²) in [5, 5.41) is 3.27. The Labute approximate surface area is 129 Å². The molecule has 0 saturated heterocycles. The van der Waals surface area contributed by atoms with E-state index in [2.05, 4.69) is 21.5 Å². The molecule has 1 saturated carbocycles. The van der Waals surface area contributed by atoms with Gasteiger partial charge in [0.1, 0.15) is 11.5 Å². The monoisotopic (exact) mass is 313 g/mol. The van der Waals surface area contributed by atoms with Crippen molar-refractivity contribution in [1.29, 1.82) is 0 Å². The van der Waals surface area contributed by atoms with Crippen molar-refractivity contribution in [2.24, 2.45) is 0 Å². The maximum absolute atomic E-state index is 12.2. The lowest BCUT2D eigenvalue weighted by atomic mass is 9.84. The van der Waals surface area contributed by atoms with E-state index in [1.54, 1.807) is 0 Å². The van der Waals surface area contributed by atoms with Gasteiger partial charge in [-0.25, -0.2) is 9.97 Å². The summed E-state index contributed by atoms with van der Waals surface area (Å²) in [7, 11) is 0. The van der Waals surface area contributed by atoms with E-state index in [1.807, 2.05) is 25.6 Å². The number of nitrogens with zero attached hydrogens (tertiary/aromatic N) is 2. The van der Waals surface area contributed by atoms with E-state index in [0.717, 1.165) is 12.8 Å². The Balaban J connectivity index is 2.07. The first-order chi connectivity index (χ1) is 9.47. The molecule has 110 valence electrons. The molecule has 0 bridgehead atoms. The molecule has 0 unspecified atom stereocenters. The summed E-state index contributed by atoms with van der Waals surface area (Å²) >= 11 is 7.86. The number of hydrogen-bond acceptors (Lipinski definition) is 4. The van der Waals surface area contributed by atoms with Gasteiger partial charge in [-0.15, -0.1) is 0 Å². The highest BCUT2D eigenvalue weighted by atomic mass is 35.5. The average Bonchev–Trinajstić information content (AvgIpc) is 2.38. The van der Waals surface area contributed by atoms with Crippen LogP contribution in [-0.4, -0.2) is 33.4 Å². The average molecular weight is 314 g/mol. The van der Waals surface area contributed by atoms with Crippen molar-refractivity contribution in [2.45, 2.75) is 43.8 Å². The molecule has 1 heterocycles. The predicted octanol–water partition coefficient (Wildman–Crippen LogP) is 3.27. The Hall–Kier alpha value is -0.810. The second-order valence-corrected chi connectivity index (χ2v) is 7.18. The number of carbonyl (C=O) groups is 1. The summed E-state index contributed by atoms with van der Waals surface area (Å²) < 4.78 is 0.204. The maximum Gasteiger partial charge on any atom is 0.271 e. The minimum atomic E-state index is -0.209. The molecule has 1 aromatic rings. The molecule has 20 heavy (non-hydrogen) atoms. The highest BCUT2D eigenvalue weighted by Gasteiger charge is 2.36. The van der Waals surface area contributed by atoms with E-state index in [-0.39, 0.29) is 22.3 Å². The van der Waals surface area contributed by atoms with Crippen LogP contribution in [0, 0.1) is 0 Å². The normalized spacial score (nSPS) is 16.9. The van der Waals surface area contributed by atoms with E-state index < -0.39 is 0 Å². The Morgan fingerprint density at radius 2 is 2.25 bits per heavy atom. The Bertz CT molecular complexity index is 498. The molecule has 4 nitrogen and oxygen atoms in total. The molecule has 6 heteroatoms. The third-order valence-corrected chi connectivity index (χ3v) is 5.46. The summed E-state index contributed by atoms with van der Waals surface area (Å²) in [4.78, 5) is 20.7. The van der Waals surface area contributed by atoms with Gasteiger partial charge in [0, 0.05) is 17.2 Å². The molecular formula is C14H20ClN3OS. The first-order valence-corrected chi connectivity index (χ1v) is 8.43. The van der Waals surface area contributed by atoms with Gasteiger partial charge in [-0.2, -0.15) is 11.8 Å². The van der Waals surface area contributed by atoms with Gasteiger partial charge >= 0.3 is 0 Å². The molecule has 2 rings (SSSR count). The van der Waals surface area contributed by atoms with Crippen LogP contribution in [-0.2, 0) is 0 Å². The summed E-state index contributed by atoms with van der Waals surface area (Å²) in [5.41, 5.74) is 0.279. The zero-order valence-corrected chi connectivity index (χ0v) is 13.6. The fraction of sp³-hybridized carbons (Fsp3) is 0.643. The van der Waals surface area contributed by atoms with Gasteiger partial charge in [0.15, 0.2) is 0 Å². The molecule has 1 amide bonds. The standard InChI is InChI=1S/C14H20ClN3OS/c1-9(2)12-16-7-10(15)11(18-12)13(19)17-8-14(20-3)5-4-6-14/h7,9H,4-6,8H2,1-3H3,(H,17,19). The van der Waals surface area contributed by atoms with Crippen LogP contribution < -0.4 is 5.32 Å². The van der Waals surface area contributed by atoms with Gasteiger partial charge in [0.25, 0.3) is 5.91 Å². The van der Waals surface area contributed by atoms with Crippen LogP contribution in [0.1, 0.15) is 55.3 Å². The minimum absolute atomic E-state index is 0.169. The Kier molecular flexibility index (Phi) is 4.91. The fourth-order valence-corrected chi connectivity index (χ4v) is 3.26.